The molecule has 166 valence electrons. The van der Waals surface area contributed by atoms with E-state index in [1.165, 1.54) is 5.56 Å². The number of aromatic nitrogens is 2. The number of nitrogens with one attached hydrogen (secondary N) is 1. The number of hydrogen-bond donors (Lipinski definition) is 1. The first-order chi connectivity index (χ1) is 16.8. The van der Waals surface area contributed by atoms with Crippen LogP contribution in [-0.2, 0) is 11.3 Å². The van der Waals surface area contributed by atoms with Crippen LogP contribution in [0.2, 0.25) is 0 Å². The number of anilines is 2. The van der Waals surface area contributed by atoms with Crippen molar-refractivity contribution in [3.63, 3.8) is 0 Å². The van der Waals surface area contributed by atoms with E-state index in [1.54, 1.807) is 23.5 Å². The zero-order valence-corrected chi connectivity index (χ0v) is 20.0. The molecule has 1 amide bonds. The van der Waals surface area contributed by atoms with Crippen LogP contribution in [0.5, 0.6) is 0 Å². The molecule has 1 aromatic heterocycles. The van der Waals surface area contributed by atoms with Crippen LogP contribution in [-0.4, -0.2) is 16.6 Å². The highest BCUT2D eigenvalue weighted by Crippen LogP contribution is 2.48. The second-order valence-corrected chi connectivity index (χ2v) is 10.1. The number of para-hydroxylation sites is 4. The van der Waals surface area contributed by atoms with E-state index in [2.05, 4.69) is 64.1 Å². The van der Waals surface area contributed by atoms with Gasteiger partial charge in [0.25, 0.3) is 0 Å². The van der Waals surface area contributed by atoms with Crippen molar-refractivity contribution < 1.29 is 9.36 Å². The first-order valence-electron chi connectivity index (χ1n) is 11.1. The maximum absolute atomic E-state index is 13.7. The first-order valence-corrected chi connectivity index (χ1v) is 12.9. The third kappa shape index (κ3) is 3.89. The molecule has 0 saturated carbocycles. The number of aromatic amines is 1. The second kappa shape index (κ2) is 9.05. The van der Waals surface area contributed by atoms with Gasteiger partial charge in [0.1, 0.15) is 6.54 Å². The molecule has 1 N–H and O–H groups in total. The van der Waals surface area contributed by atoms with Gasteiger partial charge in [-0.3, -0.25) is 9.69 Å². The molecule has 0 fully saturated rings. The molecule has 0 unspecified atom stereocenters. The van der Waals surface area contributed by atoms with E-state index in [1.807, 2.05) is 53.4 Å². The summed E-state index contributed by atoms with van der Waals surface area (Å²) >= 11 is 3.27. The summed E-state index contributed by atoms with van der Waals surface area (Å²) in [6, 6.07) is 34.9. The summed E-state index contributed by atoms with van der Waals surface area (Å²) in [6.07, 6.45) is 0. The molecule has 5 aromatic rings. The van der Waals surface area contributed by atoms with Crippen LogP contribution in [0.1, 0.15) is 5.56 Å². The van der Waals surface area contributed by atoms with E-state index in [0.29, 0.717) is 5.75 Å². The largest absolute Gasteiger partial charge is 0.317 e. The molecule has 0 spiro atoms. The van der Waals surface area contributed by atoms with Gasteiger partial charge in [0, 0.05) is 9.79 Å². The molecular formula is C28H22N3OS2+. The summed E-state index contributed by atoms with van der Waals surface area (Å²) in [6.45, 7) is 0.743. The highest BCUT2D eigenvalue weighted by atomic mass is 32.2. The Morgan fingerprint density at radius 3 is 2.15 bits per heavy atom. The molecule has 4 aromatic carbocycles. The number of carbonyl (C=O) groups excluding carboxylic acids is 1. The highest BCUT2D eigenvalue weighted by Gasteiger charge is 2.29. The number of nitrogens with zero attached hydrogens (tertiary/aromatic N) is 2. The molecule has 6 heteroatoms. The number of amides is 1. The topological polar surface area (TPSA) is 40.0 Å². The van der Waals surface area contributed by atoms with Gasteiger partial charge in [-0.05, 0) is 53.7 Å². The maximum Gasteiger partial charge on any atom is 0.317 e. The van der Waals surface area contributed by atoms with Crippen LogP contribution in [0.3, 0.4) is 0 Å². The summed E-state index contributed by atoms with van der Waals surface area (Å²) in [5.41, 5.74) is 5.32. The Kier molecular flexibility index (Phi) is 5.61. The minimum absolute atomic E-state index is 0.0649. The zero-order chi connectivity index (χ0) is 22.9. The molecule has 0 atom stereocenters. The predicted molar refractivity (Wildman–Crippen MR) is 139 cm³/mol. The summed E-state index contributed by atoms with van der Waals surface area (Å²) in [5, 5.41) is 0.978. The Bertz CT molecular complexity index is 1450. The molecule has 4 nitrogen and oxygen atoms in total. The zero-order valence-electron chi connectivity index (χ0n) is 18.3. The first kappa shape index (κ1) is 21.1. The quantitative estimate of drug-likeness (QED) is 0.233. The predicted octanol–water partition coefficient (Wildman–Crippen LogP) is 6.43. The molecule has 6 rings (SSSR count). The van der Waals surface area contributed by atoms with Gasteiger partial charge in [0.2, 0.25) is 5.91 Å². The maximum atomic E-state index is 13.7. The van der Waals surface area contributed by atoms with Crippen LogP contribution in [0, 0.1) is 0 Å². The van der Waals surface area contributed by atoms with Crippen LogP contribution >= 0.6 is 23.5 Å². The average molecular weight is 481 g/mol. The van der Waals surface area contributed by atoms with Gasteiger partial charge in [0.15, 0.2) is 11.0 Å². The van der Waals surface area contributed by atoms with Gasteiger partial charge in [-0.2, -0.15) is 0 Å². The normalized spacial score (nSPS) is 12.4. The fourth-order valence-electron chi connectivity index (χ4n) is 4.31. The fourth-order valence-corrected chi connectivity index (χ4v) is 6.26. The van der Waals surface area contributed by atoms with Crippen molar-refractivity contribution in [2.45, 2.75) is 21.5 Å². The number of rotatable bonds is 5. The number of hydrogen-bond acceptors (Lipinski definition) is 3. The second-order valence-electron chi connectivity index (χ2n) is 8.07. The number of imidazole rings is 1. The number of fused-ring (bicyclic) bond motifs is 3. The highest BCUT2D eigenvalue weighted by molar-refractivity contribution is 8.00. The van der Waals surface area contributed by atoms with Gasteiger partial charge >= 0.3 is 5.16 Å². The van der Waals surface area contributed by atoms with Gasteiger partial charge in [-0.15, -0.1) is 0 Å². The lowest BCUT2D eigenvalue weighted by molar-refractivity contribution is -0.700. The van der Waals surface area contributed by atoms with Gasteiger partial charge in [-0.1, -0.05) is 78.5 Å². The number of carbonyl (C=O) groups is 1. The smallest absolute Gasteiger partial charge is 0.278 e. The molecule has 0 bridgehead atoms. The number of H-pyrrole nitrogens is 1. The van der Waals surface area contributed by atoms with Gasteiger partial charge < -0.3 is 0 Å². The average Bonchev–Trinajstić information content (AvgIpc) is 3.23. The van der Waals surface area contributed by atoms with Crippen molar-refractivity contribution in [1.82, 2.24) is 4.98 Å². The fraction of sp³-hybridized carbons (Fsp3) is 0.0714. The van der Waals surface area contributed by atoms with Gasteiger partial charge in [-0.25, -0.2) is 9.55 Å². The Balaban J connectivity index is 1.32. The van der Waals surface area contributed by atoms with E-state index >= 15 is 0 Å². The van der Waals surface area contributed by atoms with Crippen molar-refractivity contribution in [3.8, 4) is 0 Å². The molecule has 2 heterocycles. The minimum atomic E-state index is 0.0649. The van der Waals surface area contributed by atoms with Crippen molar-refractivity contribution in [2.75, 3.05) is 10.7 Å². The molecular weight excluding hydrogens is 458 g/mol. The Labute approximate surface area is 206 Å². The van der Waals surface area contributed by atoms with Crippen LogP contribution < -0.4 is 9.47 Å². The van der Waals surface area contributed by atoms with Crippen molar-refractivity contribution in [1.29, 1.82) is 0 Å². The third-order valence-electron chi connectivity index (χ3n) is 5.88. The van der Waals surface area contributed by atoms with Gasteiger partial charge in [0.05, 0.1) is 17.1 Å². The molecule has 1 aliphatic heterocycles. The van der Waals surface area contributed by atoms with E-state index in [0.717, 1.165) is 43.9 Å². The van der Waals surface area contributed by atoms with Crippen molar-refractivity contribution in [2.24, 2.45) is 0 Å². The standard InChI is InChI=1S/C28H21N3OS2/c32-27(31-23-14-6-8-16-25(23)34-26-17-9-7-15-24(26)31)19-33-28-29-21-12-4-5-13-22(21)30(28)18-20-10-2-1-3-11-20/h1-17H,18-19H2/p+1. The summed E-state index contributed by atoms with van der Waals surface area (Å²) in [5.74, 6) is 0.393. The summed E-state index contributed by atoms with van der Waals surface area (Å²) in [7, 11) is 0. The monoisotopic (exact) mass is 480 g/mol. The third-order valence-corrected chi connectivity index (χ3v) is 8.00. The molecule has 0 saturated heterocycles. The molecule has 0 aliphatic carbocycles. The van der Waals surface area contributed by atoms with Crippen LogP contribution in [0.4, 0.5) is 11.4 Å². The summed E-state index contributed by atoms with van der Waals surface area (Å²) < 4.78 is 2.26. The van der Waals surface area contributed by atoms with E-state index in [9.17, 15) is 4.79 Å². The Morgan fingerprint density at radius 1 is 0.794 bits per heavy atom. The lowest BCUT2D eigenvalue weighted by atomic mass is 10.2. The van der Waals surface area contributed by atoms with Crippen LogP contribution in [0.25, 0.3) is 11.0 Å². The molecule has 0 radical (unpaired) electrons. The Hall–Kier alpha value is -3.48. The van der Waals surface area contributed by atoms with E-state index < -0.39 is 0 Å². The molecule has 34 heavy (non-hydrogen) atoms. The van der Waals surface area contributed by atoms with Crippen LogP contribution in [0.15, 0.2) is 118 Å². The lowest BCUT2D eigenvalue weighted by Gasteiger charge is -2.30. The van der Waals surface area contributed by atoms with E-state index in [-0.39, 0.29) is 5.91 Å². The number of thioether (sulfide) groups is 1. The summed E-state index contributed by atoms with van der Waals surface area (Å²) in [4.78, 5) is 21.3. The number of benzene rings is 4. The minimum Gasteiger partial charge on any atom is -0.278 e. The SMILES string of the molecule is O=C(CSc1[nH]c2ccccc2[n+]1Cc1ccccc1)N1c2ccccc2Sc2ccccc21. The molecule has 1 aliphatic rings. The van der Waals surface area contributed by atoms with Crippen molar-refractivity contribution in [3.05, 3.63) is 109 Å². The Morgan fingerprint density at radius 2 is 1.41 bits per heavy atom. The van der Waals surface area contributed by atoms with E-state index in [4.69, 9.17) is 0 Å². The lowest BCUT2D eigenvalue weighted by Crippen LogP contribution is -2.36. The van der Waals surface area contributed by atoms with Crippen molar-refractivity contribution >= 4 is 51.8 Å².